The Hall–Kier alpha value is -1.15. The quantitative estimate of drug-likeness (QED) is 0.0364. The molecule has 0 aliphatic rings. The fourth-order valence-corrected chi connectivity index (χ4v) is 6.75. The fourth-order valence-electron chi connectivity index (χ4n) is 6.33. The molecule has 2 unspecified atom stereocenters. The Morgan fingerprint density at radius 2 is 0.771 bits per heavy atom. The highest BCUT2D eigenvalue weighted by Gasteiger charge is 2.24. The minimum absolute atomic E-state index is 0.0794. The molecule has 0 bridgehead atoms. The van der Waals surface area contributed by atoms with Gasteiger partial charge in [-0.1, -0.05) is 163 Å². The zero-order chi connectivity index (χ0) is 35.7. The summed E-state index contributed by atoms with van der Waals surface area (Å²) in [5, 5.41) is 0. The summed E-state index contributed by atoms with van der Waals surface area (Å²) in [5.74, 6) is -0.517. The number of rotatable bonds is 36. The van der Waals surface area contributed by atoms with Crippen molar-refractivity contribution in [3.05, 3.63) is 0 Å². The van der Waals surface area contributed by atoms with Gasteiger partial charge in [-0.05, 0) is 38.5 Å². The molecule has 48 heavy (non-hydrogen) atoms. The first-order chi connectivity index (χ1) is 23.2. The zero-order valence-electron chi connectivity index (χ0n) is 32.2. The van der Waals surface area contributed by atoms with E-state index in [1.165, 1.54) is 77.0 Å². The van der Waals surface area contributed by atoms with Crippen LogP contribution >= 0.6 is 0 Å². The van der Waals surface area contributed by atoms with Gasteiger partial charge in [0.05, 0.1) is 37.9 Å². The highest BCUT2D eigenvalue weighted by Crippen LogP contribution is 2.24. The second-order valence-electron chi connectivity index (χ2n) is 14.4. The average Bonchev–Trinajstić information content (AvgIpc) is 3.06. The Balaban J connectivity index is 5.29. The third-order valence-electron chi connectivity index (χ3n) is 9.52. The van der Waals surface area contributed by atoms with Crippen LogP contribution in [0.5, 0.6) is 0 Å². The normalized spacial score (nSPS) is 13.7. The largest absolute Gasteiger partial charge is 0.465 e. The van der Waals surface area contributed by atoms with Gasteiger partial charge in [-0.25, -0.2) is 0 Å². The van der Waals surface area contributed by atoms with Crippen LogP contribution in [0.2, 0.25) is 0 Å². The third-order valence-corrected chi connectivity index (χ3v) is 10.1. The molecule has 0 saturated carbocycles. The van der Waals surface area contributed by atoms with E-state index in [9.17, 15) is 18.0 Å². The van der Waals surface area contributed by atoms with Gasteiger partial charge in [0.25, 0.3) is 10.1 Å². The third kappa shape index (κ3) is 29.7. The Labute approximate surface area is 297 Å². The number of hydrogen-bond acceptors (Lipinski definition) is 7. The first-order valence-corrected chi connectivity index (χ1v) is 22.2. The smallest absolute Gasteiger partial charge is 0.308 e. The van der Waals surface area contributed by atoms with Crippen LogP contribution in [0.25, 0.3) is 0 Å². The second kappa shape index (κ2) is 33.0. The summed E-state index contributed by atoms with van der Waals surface area (Å²) in [7, 11) is -3.48. The van der Waals surface area contributed by atoms with Gasteiger partial charge in [-0.2, -0.15) is 8.42 Å². The maximum Gasteiger partial charge on any atom is 0.308 e. The number of carbonyl (C=O) groups is 2. The van der Waals surface area contributed by atoms with Crippen molar-refractivity contribution in [3.8, 4) is 0 Å². The molecule has 0 aromatic rings. The van der Waals surface area contributed by atoms with Crippen LogP contribution < -0.4 is 0 Å². The number of unbranched alkanes of at least 4 members (excludes halogenated alkanes) is 17. The van der Waals surface area contributed by atoms with E-state index in [0.29, 0.717) is 19.3 Å². The van der Waals surface area contributed by atoms with E-state index >= 15 is 0 Å². The van der Waals surface area contributed by atoms with Crippen LogP contribution in [0, 0.1) is 17.8 Å². The molecule has 0 aliphatic heterocycles. The standard InChI is InChI=1S/C40H78O7S/c1-6-10-14-18-20-24-31-37(29-22-16-12-8-3)39(41)45-34-36(28-26-27-33-47-48(5,43)44)35-46-40(42)38(30-23-17-13-9-4)32-25-21-19-15-11-7-2/h36-38H,6-35H2,1-5H3. The average molecular weight is 703 g/mol. The van der Waals surface area contributed by atoms with Gasteiger partial charge in [-0.15, -0.1) is 0 Å². The van der Waals surface area contributed by atoms with Crippen molar-refractivity contribution in [1.82, 2.24) is 0 Å². The number of hydrogen-bond donors (Lipinski definition) is 0. The van der Waals surface area contributed by atoms with Gasteiger partial charge in [0.2, 0.25) is 0 Å². The molecule has 0 spiro atoms. The molecule has 7 nitrogen and oxygen atoms in total. The summed E-state index contributed by atoms with van der Waals surface area (Å²) < 4.78 is 39.6. The van der Waals surface area contributed by atoms with Gasteiger partial charge in [0.15, 0.2) is 0 Å². The Bertz CT molecular complexity index is 797. The molecule has 2 atom stereocenters. The van der Waals surface area contributed by atoms with Crippen LogP contribution in [0.4, 0.5) is 0 Å². The first-order valence-electron chi connectivity index (χ1n) is 20.4. The molecule has 0 heterocycles. The molecule has 0 aliphatic carbocycles. The summed E-state index contributed by atoms with van der Waals surface area (Å²) >= 11 is 0. The molecule has 0 N–H and O–H groups in total. The van der Waals surface area contributed by atoms with Crippen molar-refractivity contribution in [2.45, 2.75) is 201 Å². The van der Waals surface area contributed by atoms with Gasteiger partial charge >= 0.3 is 11.9 Å². The Morgan fingerprint density at radius 3 is 1.12 bits per heavy atom. The molecular weight excluding hydrogens is 624 g/mol. The lowest BCUT2D eigenvalue weighted by atomic mass is 9.94. The monoisotopic (exact) mass is 703 g/mol. The van der Waals surface area contributed by atoms with Crippen LogP contribution in [-0.2, 0) is 33.4 Å². The van der Waals surface area contributed by atoms with Crippen molar-refractivity contribution in [1.29, 1.82) is 0 Å². The molecular formula is C40H78O7S. The van der Waals surface area contributed by atoms with E-state index in [1.807, 2.05) is 0 Å². The zero-order valence-corrected chi connectivity index (χ0v) is 33.0. The molecule has 0 rings (SSSR count). The second-order valence-corrected chi connectivity index (χ2v) is 16.0. The predicted molar refractivity (Wildman–Crippen MR) is 201 cm³/mol. The predicted octanol–water partition coefficient (Wildman–Crippen LogP) is 11.5. The number of esters is 2. The lowest BCUT2D eigenvalue weighted by Gasteiger charge is -2.22. The van der Waals surface area contributed by atoms with Crippen molar-refractivity contribution in [3.63, 3.8) is 0 Å². The van der Waals surface area contributed by atoms with E-state index in [1.54, 1.807) is 0 Å². The topological polar surface area (TPSA) is 96.0 Å². The van der Waals surface area contributed by atoms with Gasteiger partial charge in [0.1, 0.15) is 0 Å². The minimum atomic E-state index is -3.48. The van der Waals surface area contributed by atoms with Crippen LogP contribution in [0.1, 0.15) is 201 Å². The molecule has 0 amide bonds. The molecule has 0 aromatic carbocycles. The van der Waals surface area contributed by atoms with E-state index < -0.39 is 10.1 Å². The van der Waals surface area contributed by atoms with Crippen LogP contribution in [-0.4, -0.2) is 46.4 Å². The van der Waals surface area contributed by atoms with E-state index in [2.05, 4.69) is 27.7 Å². The fraction of sp³-hybridized carbons (Fsp3) is 0.950. The highest BCUT2D eigenvalue weighted by atomic mass is 32.2. The SMILES string of the molecule is CCCCCCCCC(CCCCCC)C(=O)OCC(CCCCOS(C)(=O)=O)COC(=O)C(CCCCCC)CCCCCCCC. The Kier molecular flexibility index (Phi) is 32.2. The van der Waals surface area contributed by atoms with Gasteiger partial charge < -0.3 is 9.47 Å². The summed E-state index contributed by atoms with van der Waals surface area (Å²) in [5.41, 5.74) is 0. The first kappa shape index (κ1) is 46.9. The molecule has 0 saturated heterocycles. The van der Waals surface area contributed by atoms with Crippen molar-refractivity contribution < 1.29 is 31.7 Å². The van der Waals surface area contributed by atoms with Crippen molar-refractivity contribution in [2.75, 3.05) is 26.1 Å². The lowest BCUT2D eigenvalue weighted by molar-refractivity contribution is -0.155. The summed E-state index contributed by atoms with van der Waals surface area (Å²) in [6.45, 7) is 9.42. The summed E-state index contributed by atoms with van der Waals surface area (Å²) in [6.07, 6.45) is 30.0. The molecule has 0 radical (unpaired) electrons. The van der Waals surface area contributed by atoms with E-state index in [4.69, 9.17) is 13.7 Å². The number of carbonyl (C=O) groups excluding carboxylic acids is 2. The summed E-state index contributed by atoms with van der Waals surface area (Å²) in [4.78, 5) is 26.8. The van der Waals surface area contributed by atoms with Crippen LogP contribution in [0.15, 0.2) is 0 Å². The molecule has 0 fully saturated rings. The van der Waals surface area contributed by atoms with E-state index in [0.717, 1.165) is 83.3 Å². The van der Waals surface area contributed by atoms with Gasteiger partial charge in [0, 0.05) is 5.92 Å². The van der Waals surface area contributed by atoms with Gasteiger partial charge in [-0.3, -0.25) is 13.8 Å². The van der Waals surface area contributed by atoms with E-state index in [-0.39, 0.29) is 49.5 Å². The maximum atomic E-state index is 13.4. The minimum Gasteiger partial charge on any atom is -0.465 e. The maximum absolute atomic E-state index is 13.4. The number of ether oxygens (including phenoxy) is 2. The van der Waals surface area contributed by atoms with Crippen molar-refractivity contribution >= 4 is 22.1 Å². The molecule has 286 valence electrons. The molecule has 0 aromatic heterocycles. The summed E-state index contributed by atoms with van der Waals surface area (Å²) in [6, 6.07) is 0. The Morgan fingerprint density at radius 1 is 0.458 bits per heavy atom. The van der Waals surface area contributed by atoms with Crippen molar-refractivity contribution in [2.24, 2.45) is 17.8 Å². The lowest BCUT2D eigenvalue weighted by Crippen LogP contribution is -2.26. The van der Waals surface area contributed by atoms with Crippen LogP contribution in [0.3, 0.4) is 0 Å². The highest BCUT2D eigenvalue weighted by molar-refractivity contribution is 7.85. The molecule has 8 heteroatoms.